The summed E-state index contributed by atoms with van der Waals surface area (Å²) in [4.78, 5) is 4.08. The maximum absolute atomic E-state index is 5.67. The van der Waals surface area contributed by atoms with Gasteiger partial charge in [-0.05, 0) is 43.9 Å². The van der Waals surface area contributed by atoms with Gasteiger partial charge < -0.3 is 5.73 Å². The SMILES string of the molecule is Cc1ccncc1CC[C@@H](C)N. The van der Waals surface area contributed by atoms with Crippen molar-refractivity contribution >= 4 is 0 Å². The van der Waals surface area contributed by atoms with Crippen molar-refractivity contribution in [2.24, 2.45) is 5.73 Å². The fourth-order valence-corrected chi connectivity index (χ4v) is 1.14. The Kier molecular flexibility index (Phi) is 3.23. The Balaban J connectivity index is 2.57. The van der Waals surface area contributed by atoms with Crippen molar-refractivity contribution in [3.05, 3.63) is 29.6 Å². The van der Waals surface area contributed by atoms with Crippen LogP contribution in [-0.2, 0) is 6.42 Å². The molecule has 0 aliphatic rings. The lowest BCUT2D eigenvalue weighted by Crippen LogP contribution is -2.15. The largest absolute Gasteiger partial charge is 0.328 e. The summed E-state index contributed by atoms with van der Waals surface area (Å²) in [6.07, 6.45) is 5.83. The third kappa shape index (κ3) is 2.62. The first kappa shape index (κ1) is 9.20. The summed E-state index contributed by atoms with van der Waals surface area (Å²) in [5.74, 6) is 0. The van der Waals surface area contributed by atoms with Gasteiger partial charge in [0.25, 0.3) is 0 Å². The minimum atomic E-state index is 0.282. The number of pyridine rings is 1. The van der Waals surface area contributed by atoms with Gasteiger partial charge in [0.2, 0.25) is 0 Å². The predicted molar refractivity (Wildman–Crippen MR) is 50.9 cm³/mol. The van der Waals surface area contributed by atoms with E-state index in [0.29, 0.717) is 0 Å². The van der Waals surface area contributed by atoms with E-state index >= 15 is 0 Å². The lowest BCUT2D eigenvalue weighted by Gasteiger charge is -2.06. The van der Waals surface area contributed by atoms with Crippen molar-refractivity contribution in [3.8, 4) is 0 Å². The Bertz CT molecular complexity index is 243. The zero-order valence-electron chi connectivity index (χ0n) is 7.75. The fraction of sp³-hybridized carbons (Fsp3) is 0.500. The van der Waals surface area contributed by atoms with Crippen molar-refractivity contribution in [1.29, 1.82) is 0 Å². The van der Waals surface area contributed by atoms with E-state index in [2.05, 4.69) is 11.9 Å². The standard InChI is InChI=1S/C10H16N2/c1-8-5-6-12-7-10(8)4-3-9(2)11/h5-7,9H,3-4,11H2,1-2H3/t9-/m1/s1. The average Bonchev–Trinajstić information content (AvgIpc) is 2.03. The van der Waals surface area contributed by atoms with Crippen LogP contribution in [0.5, 0.6) is 0 Å². The average molecular weight is 164 g/mol. The van der Waals surface area contributed by atoms with Crippen molar-refractivity contribution < 1.29 is 0 Å². The van der Waals surface area contributed by atoms with E-state index in [9.17, 15) is 0 Å². The van der Waals surface area contributed by atoms with Crippen molar-refractivity contribution in [2.75, 3.05) is 0 Å². The van der Waals surface area contributed by atoms with Crippen LogP contribution in [0.4, 0.5) is 0 Å². The normalized spacial score (nSPS) is 12.9. The number of hydrogen-bond acceptors (Lipinski definition) is 2. The number of aryl methyl sites for hydroxylation is 2. The van der Waals surface area contributed by atoms with E-state index < -0.39 is 0 Å². The quantitative estimate of drug-likeness (QED) is 0.738. The van der Waals surface area contributed by atoms with Gasteiger partial charge in [0.05, 0.1) is 0 Å². The molecule has 0 unspecified atom stereocenters. The van der Waals surface area contributed by atoms with Crippen LogP contribution >= 0.6 is 0 Å². The van der Waals surface area contributed by atoms with E-state index in [1.54, 1.807) is 0 Å². The molecule has 1 rings (SSSR count). The molecule has 0 fully saturated rings. The Hall–Kier alpha value is -0.890. The minimum absolute atomic E-state index is 0.282. The molecule has 0 amide bonds. The molecule has 0 bridgehead atoms. The second-order valence-electron chi connectivity index (χ2n) is 3.32. The van der Waals surface area contributed by atoms with Crippen LogP contribution in [-0.4, -0.2) is 11.0 Å². The Morgan fingerprint density at radius 2 is 2.33 bits per heavy atom. The summed E-state index contributed by atoms with van der Waals surface area (Å²) in [6, 6.07) is 2.32. The van der Waals surface area contributed by atoms with Crippen LogP contribution < -0.4 is 5.73 Å². The molecular weight excluding hydrogens is 148 g/mol. The highest BCUT2D eigenvalue weighted by Crippen LogP contribution is 2.08. The fourth-order valence-electron chi connectivity index (χ4n) is 1.14. The second-order valence-corrected chi connectivity index (χ2v) is 3.32. The molecule has 1 heterocycles. The molecule has 1 atom stereocenters. The Morgan fingerprint density at radius 1 is 1.58 bits per heavy atom. The van der Waals surface area contributed by atoms with Gasteiger partial charge in [0.15, 0.2) is 0 Å². The highest BCUT2D eigenvalue weighted by atomic mass is 14.6. The summed E-state index contributed by atoms with van der Waals surface area (Å²) in [7, 11) is 0. The molecule has 2 heteroatoms. The zero-order valence-corrected chi connectivity index (χ0v) is 7.75. The monoisotopic (exact) mass is 164 g/mol. The molecule has 0 aromatic carbocycles. The van der Waals surface area contributed by atoms with Gasteiger partial charge in [-0.15, -0.1) is 0 Å². The Morgan fingerprint density at radius 3 is 2.92 bits per heavy atom. The van der Waals surface area contributed by atoms with Crippen molar-refractivity contribution in [3.63, 3.8) is 0 Å². The van der Waals surface area contributed by atoms with E-state index in [1.165, 1.54) is 11.1 Å². The molecule has 0 saturated heterocycles. The van der Waals surface area contributed by atoms with E-state index in [1.807, 2.05) is 25.4 Å². The molecule has 0 saturated carbocycles. The van der Waals surface area contributed by atoms with Gasteiger partial charge in [-0.1, -0.05) is 0 Å². The Labute approximate surface area is 73.8 Å². The van der Waals surface area contributed by atoms with Gasteiger partial charge in [0.1, 0.15) is 0 Å². The van der Waals surface area contributed by atoms with Gasteiger partial charge in [-0.2, -0.15) is 0 Å². The first-order valence-electron chi connectivity index (χ1n) is 4.35. The van der Waals surface area contributed by atoms with Crippen LogP contribution in [0.25, 0.3) is 0 Å². The summed E-state index contributed by atoms with van der Waals surface area (Å²) < 4.78 is 0. The van der Waals surface area contributed by atoms with E-state index in [0.717, 1.165) is 12.8 Å². The maximum Gasteiger partial charge on any atom is 0.0302 e. The summed E-state index contributed by atoms with van der Waals surface area (Å²) >= 11 is 0. The third-order valence-corrected chi connectivity index (χ3v) is 2.02. The van der Waals surface area contributed by atoms with Crippen LogP contribution in [0.1, 0.15) is 24.5 Å². The number of hydrogen-bond donors (Lipinski definition) is 1. The van der Waals surface area contributed by atoms with E-state index in [4.69, 9.17) is 5.73 Å². The molecule has 2 nitrogen and oxygen atoms in total. The molecule has 0 spiro atoms. The summed E-state index contributed by atoms with van der Waals surface area (Å²) in [6.45, 7) is 4.14. The second kappa shape index (κ2) is 4.21. The molecule has 2 N–H and O–H groups in total. The van der Waals surface area contributed by atoms with Gasteiger partial charge in [0, 0.05) is 18.4 Å². The predicted octanol–water partition coefficient (Wildman–Crippen LogP) is 1.67. The van der Waals surface area contributed by atoms with Gasteiger partial charge >= 0.3 is 0 Å². The molecule has 1 aromatic heterocycles. The highest BCUT2D eigenvalue weighted by Gasteiger charge is 1.99. The molecule has 0 aliphatic heterocycles. The first-order chi connectivity index (χ1) is 5.70. The smallest absolute Gasteiger partial charge is 0.0302 e. The molecule has 1 aromatic rings. The lowest BCUT2D eigenvalue weighted by molar-refractivity contribution is 0.663. The third-order valence-electron chi connectivity index (χ3n) is 2.02. The lowest BCUT2D eigenvalue weighted by atomic mass is 10.0. The molecular formula is C10H16N2. The number of nitrogens with zero attached hydrogens (tertiary/aromatic N) is 1. The van der Waals surface area contributed by atoms with E-state index in [-0.39, 0.29) is 6.04 Å². The number of aromatic nitrogens is 1. The molecule has 0 radical (unpaired) electrons. The van der Waals surface area contributed by atoms with Crippen LogP contribution in [0.3, 0.4) is 0 Å². The molecule has 66 valence electrons. The topological polar surface area (TPSA) is 38.9 Å². The minimum Gasteiger partial charge on any atom is -0.328 e. The van der Waals surface area contributed by atoms with Crippen LogP contribution in [0.2, 0.25) is 0 Å². The van der Waals surface area contributed by atoms with Crippen molar-refractivity contribution in [1.82, 2.24) is 4.98 Å². The number of nitrogens with two attached hydrogens (primary N) is 1. The van der Waals surface area contributed by atoms with Gasteiger partial charge in [-0.3, -0.25) is 4.98 Å². The maximum atomic E-state index is 5.67. The van der Waals surface area contributed by atoms with Gasteiger partial charge in [-0.25, -0.2) is 0 Å². The highest BCUT2D eigenvalue weighted by molar-refractivity contribution is 5.21. The molecule has 0 aliphatic carbocycles. The van der Waals surface area contributed by atoms with Crippen LogP contribution in [0.15, 0.2) is 18.5 Å². The first-order valence-corrected chi connectivity index (χ1v) is 4.35. The zero-order chi connectivity index (χ0) is 8.97. The summed E-state index contributed by atoms with van der Waals surface area (Å²) in [5, 5.41) is 0. The van der Waals surface area contributed by atoms with Crippen LogP contribution in [0, 0.1) is 6.92 Å². The number of rotatable bonds is 3. The summed E-state index contributed by atoms with van der Waals surface area (Å²) in [5.41, 5.74) is 8.30. The van der Waals surface area contributed by atoms with Crippen molar-refractivity contribution in [2.45, 2.75) is 32.7 Å². The molecule has 12 heavy (non-hydrogen) atoms.